The number of benzene rings is 1. The molecule has 0 aliphatic heterocycles. The van der Waals surface area contributed by atoms with Gasteiger partial charge in [0.05, 0.1) is 12.7 Å². The Labute approximate surface area is 123 Å². The van der Waals surface area contributed by atoms with E-state index in [9.17, 15) is 4.79 Å². The molecule has 0 aliphatic rings. The van der Waals surface area contributed by atoms with E-state index in [4.69, 9.17) is 10.5 Å². The van der Waals surface area contributed by atoms with Crippen LogP contribution in [-0.4, -0.2) is 25.0 Å². The lowest BCUT2D eigenvalue weighted by molar-refractivity contribution is 0.0964. The zero-order chi connectivity index (χ0) is 15.2. The van der Waals surface area contributed by atoms with Crippen LogP contribution in [0.5, 0.6) is 5.88 Å². The highest BCUT2D eigenvalue weighted by Crippen LogP contribution is 2.20. The highest BCUT2D eigenvalue weighted by Gasteiger charge is 2.10. The lowest BCUT2D eigenvalue weighted by Crippen LogP contribution is -2.19. The topological polar surface area (TPSA) is 89.3 Å². The molecule has 0 unspecified atom stereocenters. The maximum Gasteiger partial charge on any atom is 0.253 e. The van der Waals surface area contributed by atoms with Crippen molar-refractivity contribution in [2.45, 2.75) is 6.54 Å². The van der Waals surface area contributed by atoms with Crippen LogP contribution in [0.4, 0.5) is 11.4 Å². The number of ether oxygens (including phenoxy) is 1. The van der Waals surface area contributed by atoms with Gasteiger partial charge in [-0.3, -0.25) is 4.79 Å². The Balaban J connectivity index is 2.18. The molecule has 0 saturated carbocycles. The van der Waals surface area contributed by atoms with E-state index in [1.165, 1.54) is 0 Å². The van der Waals surface area contributed by atoms with Crippen LogP contribution in [0.25, 0.3) is 0 Å². The molecule has 110 valence electrons. The molecule has 0 spiro atoms. The lowest BCUT2D eigenvalue weighted by Gasteiger charge is -2.12. The minimum absolute atomic E-state index is 0.162. The van der Waals surface area contributed by atoms with Crippen molar-refractivity contribution < 1.29 is 9.53 Å². The summed E-state index contributed by atoms with van der Waals surface area (Å²) in [7, 11) is 3.16. The average molecular weight is 286 g/mol. The van der Waals surface area contributed by atoms with Crippen molar-refractivity contribution in [3.8, 4) is 5.88 Å². The number of amides is 1. The standard InChI is InChI=1S/C15H18N4O2/c1-17-15(20)12-4-3-11(16)8-13(12)19-9-10-5-6-18-14(7-10)21-2/h3-8,19H,9,16H2,1-2H3,(H,17,20). The molecule has 21 heavy (non-hydrogen) atoms. The molecule has 0 aliphatic carbocycles. The van der Waals surface area contributed by atoms with Crippen LogP contribution in [0.2, 0.25) is 0 Å². The predicted molar refractivity (Wildman–Crippen MR) is 82.4 cm³/mol. The Morgan fingerprint density at radius 2 is 2.14 bits per heavy atom. The summed E-state index contributed by atoms with van der Waals surface area (Å²) < 4.78 is 5.08. The minimum Gasteiger partial charge on any atom is -0.481 e. The third-order valence-electron chi connectivity index (χ3n) is 3.01. The molecule has 0 bridgehead atoms. The Kier molecular flexibility index (Phi) is 4.61. The third kappa shape index (κ3) is 3.62. The number of methoxy groups -OCH3 is 1. The fourth-order valence-electron chi connectivity index (χ4n) is 1.91. The van der Waals surface area contributed by atoms with E-state index < -0.39 is 0 Å². The van der Waals surface area contributed by atoms with Gasteiger partial charge >= 0.3 is 0 Å². The molecule has 1 amide bonds. The maximum absolute atomic E-state index is 11.8. The second kappa shape index (κ2) is 6.60. The molecule has 0 fully saturated rings. The van der Waals surface area contributed by atoms with E-state index in [0.29, 0.717) is 29.4 Å². The second-order valence-corrected chi connectivity index (χ2v) is 4.44. The zero-order valence-corrected chi connectivity index (χ0v) is 12.0. The first kappa shape index (κ1) is 14.6. The number of nitrogens with one attached hydrogen (secondary N) is 2. The largest absolute Gasteiger partial charge is 0.481 e. The van der Waals surface area contributed by atoms with E-state index in [0.717, 1.165) is 5.56 Å². The number of pyridine rings is 1. The van der Waals surface area contributed by atoms with Gasteiger partial charge in [-0.2, -0.15) is 0 Å². The molecule has 1 heterocycles. The Bertz CT molecular complexity index is 643. The van der Waals surface area contributed by atoms with Crippen molar-refractivity contribution >= 4 is 17.3 Å². The van der Waals surface area contributed by atoms with Crippen LogP contribution >= 0.6 is 0 Å². The molecular formula is C15H18N4O2. The average Bonchev–Trinajstić information content (AvgIpc) is 2.52. The predicted octanol–water partition coefficient (Wildman–Crippen LogP) is 1.64. The number of hydrogen-bond acceptors (Lipinski definition) is 5. The number of hydrogen-bond donors (Lipinski definition) is 3. The van der Waals surface area contributed by atoms with E-state index in [2.05, 4.69) is 15.6 Å². The SMILES string of the molecule is CNC(=O)c1ccc(N)cc1NCc1ccnc(OC)c1. The van der Waals surface area contributed by atoms with Crippen molar-refractivity contribution in [2.75, 3.05) is 25.2 Å². The van der Waals surface area contributed by atoms with Gasteiger partial charge in [-0.25, -0.2) is 4.98 Å². The number of nitrogens with two attached hydrogens (primary N) is 1. The summed E-state index contributed by atoms with van der Waals surface area (Å²) in [4.78, 5) is 15.9. The molecule has 0 radical (unpaired) electrons. The first-order valence-corrected chi connectivity index (χ1v) is 6.48. The first-order chi connectivity index (χ1) is 10.1. The van der Waals surface area contributed by atoms with Gasteiger partial charge in [-0.1, -0.05) is 0 Å². The summed E-state index contributed by atoms with van der Waals surface area (Å²) in [5.41, 5.74) is 8.60. The summed E-state index contributed by atoms with van der Waals surface area (Å²) in [5.74, 6) is 0.387. The molecule has 2 rings (SSSR count). The molecule has 0 atom stereocenters. The second-order valence-electron chi connectivity index (χ2n) is 4.44. The summed E-state index contributed by atoms with van der Waals surface area (Å²) in [6.45, 7) is 0.534. The molecule has 1 aromatic carbocycles. The van der Waals surface area contributed by atoms with Gasteiger partial charge in [0.15, 0.2) is 0 Å². The smallest absolute Gasteiger partial charge is 0.253 e. The Morgan fingerprint density at radius 1 is 1.33 bits per heavy atom. The van der Waals surface area contributed by atoms with E-state index in [1.54, 1.807) is 38.6 Å². The summed E-state index contributed by atoms with van der Waals surface area (Å²) >= 11 is 0. The van der Waals surface area contributed by atoms with Crippen molar-refractivity contribution in [1.29, 1.82) is 0 Å². The maximum atomic E-state index is 11.8. The van der Waals surface area contributed by atoms with E-state index in [1.807, 2.05) is 12.1 Å². The van der Waals surface area contributed by atoms with Crippen LogP contribution in [0, 0.1) is 0 Å². The van der Waals surface area contributed by atoms with Gasteiger partial charge in [0.25, 0.3) is 5.91 Å². The quantitative estimate of drug-likeness (QED) is 0.727. The fraction of sp³-hybridized carbons (Fsp3) is 0.200. The number of carbonyl (C=O) groups excluding carboxylic acids is 1. The molecule has 6 nitrogen and oxygen atoms in total. The summed E-state index contributed by atoms with van der Waals surface area (Å²) in [5, 5.41) is 5.82. The number of anilines is 2. The van der Waals surface area contributed by atoms with Gasteiger partial charge in [-0.15, -0.1) is 0 Å². The number of rotatable bonds is 5. The summed E-state index contributed by atoms with van der Waals surface area (Å²) in [6, 6.07) is 8.85. The molecule has 2 aromatic rings. The molecule has 0 saturated heterocycles. The van der Waals surface area contributed by atoms with Crippen LogP contribution in [-0.2, 0) is 6.54 Å². The fourth-order valence-corrected chi connectivity index (χ4v) is 1.91. The lowest BCUT2D eigenvalue weighted by atomic mass is 10.1. The van der Waals surface area contributed by atoms with Gasteiger partial charge in [0, 0.05) is 37.2 Å². The highest BCUT2D eigenvalue weighted by molar-refractivity contribution is 6.00. The minimum atomic E-state index is -0.162. The van der Waals surface area contributed by atoms with Gasteiger partial charge in [0.2, 0.25) is 5.88 Å². The number of aromatic nitrogens is 1. The van der Waals surface area contributed by atoms with Crippen LogP contribution in [0.15, 0.2) is 36.5 Å². The molecule has 6 heteroatoms. The van der Waals surface area contributed by atoms with E-state index in [-0.39, 0.29) is 5.91 Å². The number of nitrogens with zero attached hydrogens (tertiary/aromatic N) is 1. The number of nitrogen functional groups attached to an aromatic ring is 1. The third-order valence-corrected chi connectivity index (χ3v) is 3.01. The van der Waals surface area contributed by atoms with Crippen molar-refractivity contribution in [2.24, 2.45) is 0 Å². The van der Waals surface area contributed by atoms with Gasteiger partial charge < -0.3 is 21.1 Å². The molecular weight excluding hydrogens is 268 g/mol. The van der Waals surface area contributed by atoms with E-state index >= 15 is 0 Å². The summed E-state index contributed by atoms with van der Waals surface area (Å²) in [6.07, 6.45) is 1.68. The highest BCUT2D eigenvalue weighted by atomic mass is 16.5. The van der Waals surface area contributed by atoms with Gasteiger partial charge in [0.1, 0.15) is 0 Å². The zero-order valence-electron chi connectivity index (χ0n) is 12.0. The van der Waals surface area contributed by atoms with Crippen molar-refractivity contribution in [3.63, 3.8) is 0 Å². The van der Waals surface area contributed by atoms with Crippen LogP contribution in [0.1, 0.15) is 15.9 Å². The number of carbonyl (C=O) groups is 1. The molecule has 1 aromatic heterocycles. The Hall–Kier alpha value is -2.76. The molecule has 4 N–H and O–H groups in total. The normalized spacial score (nSPS) is 10.0. The van der Waals surface area contributed by atoms with Gasteiger partial charge in [-0.05, 0) is 29.8 Å². The first-order valence-electron chi connectivity index (χ1n) is 6.48. The monoisotopic (exact) mass is 286 g/mol. The van der Waals surface area contributed by atoms with Crippen LogP contribution < -0.4 is 21.1 Å². The van der Waals surface area contributed by atoms with Crippen molar-refractivity contribution in [3.05, 3.63) is 47.7 Å². The van der Waals surface area contributed by atoms with Crippen LogP contribution in [0.3, 0.4) is 0 Å². The van der Waals surface area contributed by atoms with Crippen molar-refractivity contribution in [1.82, 2.24) is 10.3 Å². The Morgan fingerprint density at radius 3 is 2.86 bits per heavy atom.